The Morgan fingerprint density at radius 1 is 1.44 bits per heavy atom. The van der Waals surface area contributed by atoms with Gasteiger partial charge in [-0.2, -0.15) is 0 Å². The molecule has 0 spiro atoms. The summed E-state index contributed by atoms with van der Waals surface area (Å²) in [7, 11) is 0. The smallest absolute Gasteiger partial charge is 0.0308 e. The Balaban J connectivity index is 0. The van der Waals surface area contributed by atoms with Gasteiger partial charge < -0.3 is 0 Å². The summed E-state index contributed by atoms with van der Waals surface area (Å²) in [5.41, 5.74) is 1.24. The van der Waals surface area contributed by atoms with Gasteiger partial charge in [0.2, 0.25) is 0 Å². The molecule has 9 heavy (non-hydrogen) atoms. The van der Waals surface area contributed by atoms with Crippen molar-refractivity contribution in [3.8, 4) is 0 Å². The molecule has 0 atom stereocenters. The molecule has 0 heterocycles. The normalized spacial score (nSPS) is 9.67. The quantitative estimate of drug-likeness (QED) is 0.506. The molecule has 52 valence electrons. The molecule has 0 aliphatic carbocycles. The van der Waals surface area contributed by atoms with E-state index in [1.165, 1.54) is 5.57 Å². The van der Waals surface area contributed by atoms with Gasteiger partial charge in [-0.3, -0.25) is 0 Å². The highest BCUT2D eigenvalue weighted by Crippen LogP contribution is 1.99. The van der Waals surface area contributed by atoms with E-state index in [4.69, 9.17) is 0 Å². The Morgan fingerprint density at radius 2 is 2.00 bits per heavy atom. The van der Waals surface area contributed by atoms with Crippen LogP contribution in [-0.2, 0) is 0 Å². The molecule has 0 fully saturated rings. The Labute approximate surface area is 58.6 Å². The fraction of sp³-hybridized carbons (Fsp3) is 0.333. The van der Waals surface area contributed by atoms with Crippen LogP contribution in [0.4, 0.5) is 0 Å². The van der Waals surface area contributed by atoms with Crippen molar-refractivity contribution in [1.82, 2.24) is 0 Å². The Hall–Kier alpha value is -0.780. The zero-order chi connectivity index (χ0) is 6.41. The van der Waals surface area contributed by atoms with E-state index >= 15 is 0 Å². The van der Waals surface area contributed by atoms with Gasteiger partial charge in [-0.15, -0.1) is 0 Å². The van der Waals surface area contributed by atoms with Crippen molar-refractivity contribution in [2.45, 2.75) is 20.8 Å². The third-order valence-corrected chi connectivity index (χ3v) is 1.00. The second-order valence-corrected chi connectivity index (χ2v) is 1.53. The molecule has 0 aromatic carbocycles. The lowest BCUT2D eigenvalue weighted by Gasteiger charge is -1.89. The van der Waals surface area contributed by atoms with Crippen LogP contribution in [-0.4, -0.2) is 0 Å². The van der Waals surface area contributed by atoms with Crippen LogP contribution >= 0.6 is 0 Å². The van der Waals surface area contributed by atoms with Crippen LogP contribution in [0, 0.1) is 0 Å². The van der Waals surface area contributed by atoms with E-state index in [0.29, 0.717) is 0 Å². The van der Waals surface area contributed by atoms with E-state index in [1.54, 1.807) is 6.08 Å². The first-order chi connectivity index (χ1) is 3.85. The van der Waals surface area contributed by atoms with Crippen molar-refractivity contribution in [3.63, 3.8) is 0 Å². The SMILES string of the molecule is C.C=C/C=C(\C=C)CC. The van der Waals surface area contributed by atoms with E-state index in [0.717, 1.165) is 6.42 Å². The van der Waals surface area contributed by atoms with Crippen LogP contribution in [0.25, 0.3) is 0 Å². The molecular weight excluding hydrogens is 108 g/mol. The van der Waals surface area contributed by atoms with Crippen LogP contribution in [0.15, 0.2) is 37.0 Å². The van der Waals surface area contributed by atoms with E-state index in [-0.39, 0.29) is 7.43 Å². The maximum atomic E-state index is 3.63. The molecular formula is C9H16. The van der Waals surface area contributed by atoms with Gasteiger partial charge in [-0.05, 0) is 12.0 Å². The maximum Gasteiger partial charge on any atom is -0.0308 e. The number of hydrogen-bond acceptors (Lipinski definition) is 0. The molecule has 0 aromatic rings. The highest BCUT2D eigenvalue weighted by Gasteiger charge is 1.79. The second kappa shape index (κ2) is 7.22. The van der Waals surface area contributed by atoms with Gasteiger partial charge in [0.05, 0.1) is 0 Å². The average molecular weight is 124 g/mol. The molecule has 0 rings (SSSR count). The Morgan fingerprint density at radius 3 is 2.11 bits per heavy atom. The van der Waals surface area contributed by atoms with Gasteiger partial charge in [0.25, 0.3) is 0 Å². The van der Waals surface area contributed by atoms with Gasteiger partial charge in [0, 0.05) is 0 Å². The van der Waals surface area contributed by atoms with E-state index in [2.05, 4.69) is 20.1 Å². The van der Waals surface area contributed by atoms with Crippen LogP contribution < -0.4 is 0 Å². The molecule has 0 saturated heterocycles. The Bertz CT molecular complexity index is 107. The zero-order valence-corrected chi connectivity index (χ0v) is 5.35. The van der Waals surface area contributed by atoms with Crippen molar-refractivity contribution in [1.29, 1.82) is 0 Å². The molecule has 0 aromatic heterocycles. The average Bonchev–Trinajstić information content (AvgIpc) is 1.83. The Kier molecular flexibility index (Phi) is 8.89. The lowest BCUT2D eigenvalue weighted by molar-refractivity contribution is 1.15. The second-order valence-electron chi connectivity index (χ2n) is 1.53. The summed E-state index contributed by atoms with van der Waals surface area (Å²) in [5.74, 6) is 0. The summed E-state index contributed by atoms with van der Waals surface area (Å²) in [6.45, 7) is 9.30. The minimum Gasteiger partial charge on any atom is -0.0991 e. The van der Waals surface area contributed by atoms with Gasteiger partial charge in [-0.1, -0.05) is 45.7 Å². The zero-order valence-electron chi connectivity index (χ0n) is 5.35. The molecule has 0 unspecified atom stereocenters. The molecule has 0 amide bonds. The third-order valence-electron chi connectivity index (χ3n) is 1.00. The fourth-order valence-electron chi connectivity index (χ4n) is 0.482. The monoisotopic (exact) mass is 124 g/mol. The fourth-order valence-corrected chi connectivity index (χ4v) is 0.482. The standard InChI is InChI=1S/C8H12.CH4/c1-4-7-8(5-2)6-3;/h4-5,7H,1-2,6H2,3H3;1H4/b8-7+;. The maximum absolute atomic E-state index is 3.63. The minimum atomic E-state index is 0. The molecule has 0 heteroatoms. The van der Waals surface area contributed by atoms with Crippen molar-refractivity contribution in [2.75, 3.05) is 0 Å². The first-order valence-electron chi connectivity index (χ1n) is 2.79. The molecule has 0 radical (unpaired) electrons. The first kappa shape index (κ1) is 11.1. The molecule has 0 N–H and O–H groups in total. The third kappa shape index (κ3) is 5.09. The van der Waals surface area contributed by atoms with Gasteiger partial charge in [0.1, 0.15) is 0 Å². The summed E-state index contributed by atoms with van der Waals surface area (Å²) in [6.07, 6.45) is 6.63. The number of allylic oxidation sites excluding steroid dienone is 4. The lowest BCUT2D eigenvalue weighted by Crippen LogP contribution is -1.68. The number of rotatable bonds is 3. The predicted octanol–water partition coefficient (Wildman–Crippen LogP) is 3.33. The number of hydrogen-bond donors (Lipinski definition) is 0. The summed E-state index contributed by atoms with van der Waals surface area (Å²) in [5, 5.41) is 0. The molecule has 0 aliphatic rings. The van der Waals surface area contributed by atoms with E-state index in [9.17, 15) is 0 Å². The van der Waals surface area contributed by atoms with Crippen LogP contribution in [0.1, 0.15) is 20.8 Å². The van der Waals surface area contributed by atoms with Crippen molar-refractivity contribution < 1.29 is 0 Å². The van der Waals surface area contributed by atoms with E-state index < -0.39 is 0 Å². The topological polar surface area (TPSA) is 0 Å². The molecule has 0 aliphatic heterocycles. The van der Waals surface area contributed by atoms with Crippen LogP contribution in [0.3, 0.4) is 0 Å². The minimum absolute atomic E-state index is 0. The van der Waals surface area contributed by atoms with Gasteiger partial charge >= 0.3 is 0 Å². The summed E-state index contributed by atoms with van der Waals surface area (Å²) in [4.78, 5) is 0. The molecule has 0 nitrogen and oxygen atoms in total. The van der Waals surface area contributed by atoms with Crippen LogP contribution in [0.5, 0.6) is 0 Å². The van der Waals surface area contributed by atoms with Crippen LogP contribution in [0.2, 0.25) is 0 Å². The first-order valence-corrected chi connectivity index (χ1v) is 2.79. The molecule has 0 saturated carbocycles. The van der Waals surface area contributed by atoms with Gasteiger partial charge in [-0.25, -0.2) is 0 Å². The van der Waals surface area contributed by atoms with Crippen molar-refractivity contribution in [3.05, 3.63) is 37.0 Å². The largest absolute Gasteiger partial charge is 0.0991 e. The van der Waals surface area contributed by atoms with E-state index in [1.807, 2.05) is 12.2 Å². The summed E-state index contributed by atoms with van der Waals surface area (Å²) in [6, 6.07) is 0. The summed E-state index contributed by atoms with van der Waals surface area (Å²) < 4.78 is 0. The lowest BCUT2D eigenvalue weighted by atomic mass is 10.2. The summed E-state index contributed by atoms with van der Waals surface area (Å²) >= 11 is 0. The molecule has 0 bridgehead atoms. The van der Waals surface area contributed by atoms with Crippen molar-refractivity contribution >= 4 is 0 Å². The van der Waals surface area contributed by atoms with Crippen molar-refractivity contribution in [2.24, 2.45) is 0 Å². The van der Waals surface area contributed by atoms with Gasteiger partial charge in [0.15, 0.2) is 0 Å². The predicted molar refractivity (Wildman–Crippen MR) is 45.5 cm³/mol. The highest BCUT2D eigenvalue weighted by molar-refractivity contribution is 5.20. The highest BCUT2D eigenvalue weighted by atomic mass is 13.8.